The topological polar surface area (TPSA) is 89.0 Å². The second-order valence-electron chi connectivity index (χ2n) is 6.46. The molecule has 0 bridgehead atoms. The molecule has 0 saturated carbocycles. The predicted molar refractivity (Wildman–Crippen MR) is 116 cm³/mol. The smallest absolute Gasteiger partial charge is 0.249 e. The molecule has 148 valence electrons. The Morgan fingerprint density at radius 2 is 1.70 bits per heavy atom. The Bertz CT molecular complexity index is 1160. The molecule has 0 atom stereocenters. The molecule has 0 fully saturated rings. The first-order valence-electron chi connectivity index (χ1n) is 9.34. The van der Waals surface area contributed by atoms with Crippen molar-refractivity contribution in [2.24, 2.45) is 0 Å². The number of hydrogen-bond donors (Lipinski definition) is 2. The lowest BCUT2D eigenvalue weighted by molar-refractivity contribution is 0.101. The highest BCUT2D eigenvalue weighted by molar-refractivity contribution is 5.95. The normalized spacial score (nSPS) is 10.3. The molecule has 0 aliphatic rings. The van der Waals surface area contributed by atoms with Gasteiger partial charge < -0.3 is 15.4 Å². The highest BCUT2D eigenvalue weighted by Crippen LogP contribution is 2.31. The van der Waals surface area contributed by atoms with Crippen LogP contribution in [0.25, 0.3) is 0 Å². The molecule has 1 heterocycles. The van der Waals surface area contributed by atoms with Gasteiger partial charge in [0.25, 0.3) is 0 Å². The summed E-state index contributed by atoms with van der Waals surface area (Å²) < 4.78 is 5.97. The van der Waals surface area contributed by atoms with Crippen LogP contribution in [-0.4, -0.2) is 21.0 Å². The van der Waals surface area contributed by atoms with Crippen LogP contribution < -0.4 is 15.4 Å². The molecule has 1 aromatic heterocycles. The number of rotatable bonds is 7. The Balaban J connectivity index is 1.53. The number of anilines is 4. The molecule has 4 aromatic rings. The fourth-order valence-corrected chi connectivity index (χ4v) is 2.77. The summed E-state index contributed by atoms with van der Waals surface area (Å²) in [5.74, 6) is 2.19. The van der Waals surface area contributed by atoms with Crippen molar-refractivity contribution in [2.75, 3.05) is 10.6 Å². The van der Waals surface area contributed by atoms with Crippen LogP contribution in [-0.2, 0) is 0 Å². The van der Waals surface area contributed by atoms with Crippen molar-refractivity contribution < 1.29 is 9.53 Å². The Morgan fingerprint density at radius 1 is 0.900 bits per heavy atom. The monoisotopic (exact) mass is 397 g/mol. The molecule has 0 amide bonds. The number of carbonyl (C=O) groups excluding carboxylic acids is 1. The first kappa shape index (κ1) is 19.1. The number of Topliss-reactive ketones (excluding diaryl/α,β-unsaturated/α-hetero) is 1. The maximum atomic E-state index is 11.6. The van der Waals surface area contributed by atoms with Crippen molar-refractivity contribution >= 4 is 28.9 Å². The third kappa shape index (κ3) is 4.77. The molecule has 7 heteroatoms. The fourth-order valence-electron chi connectivity index (χ4n) is 2.77. The molecule has 0 radical (unpaired) electrons. The van der Waals surface area contributed by atoms with E-state index >= 15 is 0 Å². The summed E-state index contributed by atoms with van der Waals surface area (Å²) in [5, 5.41) is 14.3. The molecule has 0 unspecified atom stereocenters. The number of ketones is 1. The summed E-state index contributed by atoms with van der Waals surface area (Å²) in [5.41, 5.74) is 2.05. The summed E-state index contributed by atoms with van der Waals surface area (Å²) in [6.45, 7) is 1.52. The predicted octanol–water partition coefficient (Wildman–Crippen LogP) is 5.35. The van der Waals surface area contributed by atoms with E-state index < -0.39 is 0 Å². The zero-order chi connectivity index (χ0) is 20.8. The Kier molecular flexibility index (Phi) is 5.61. The molecule has 2 N–H and O–H groups in total. The van der Waals surface area contributed by atoms with E-state index in [0.29, 0.717) is 28.8 Å². The molecule has 7 nitrogen and oxygen atoms in total. The van der Waals surface area contributed by atoms with Crippen molar-refractivity contribution in [3.05, 3.63) is 90.6 Å². The Hall–Kier alpha value is -4.26. The lowest BCUT2D eigenvalue weighted by atomic mass is 10.1. The first-order valence-corrected chi connectivity index (χ1v) is 9.34. The maximum Gasteiger partial charge on any atom is 0.249 e. The molecule has 0 aliphatic heterocycles. The van der Waals surface area contributed by atoms with Crippen molar-refractivity contribution in [2.45, 2.75) is 6.92 Å². The molecular formula is C23H19N5O2. The van der Waals surface area contributed by atoms with Gasteiger partial charge in [0.2, 0.25) is 5.95 Å². The molecule has 0 aliphatic carbocycles. The number of carbonyl (C=O) groups is 1. The zero-order valence-electron chi connectivity index (χ0n) is 16.2. The summed E-state index contributed by atoms with van der Waals surface area (Å²) in [6, 6.07) is 24.2. The van der Waals surface area contributed by atoms with Crippen LogP contribution in [0.2, 0.25) is 0 Å². The zero-order valence-corrected chi connectivity index (χ0v) is 16.2. The van der Waals surface area contributed by atoms with E-state index in [2.05, 4.69) is 25.8 Å². The van der Waals surface area contributed by atoms with Crippen LogP contribution in [0.3, 0.4) is 0 Å². The molecule has 30 heavy (non-hydrogen) atoms. The van der Waals surface area contributed by atoms with Crippen LogP contribution in [0.5, 0.6) is 11.5 Å². The number of nitrogens with one attached hydrogen (secondary N) is 2. The van der Waals surface area contributed by atoms with Crippen LogP contribution in [0, 0.1) is 0 Å². The van der Waals surface area contributed by atoms with Crippen LogP contribution >= 0.6 is 0 Å². The Labute approximate surface area is 173 Å². The van der Waals surface area contributed by atoms with Gasteiger partial charge in [-0.25, -0.2) is 0 Å². The number of benzene rings is 3. The number of aromatic nitrogens is 3. The van der Waals surface area contributed by atoms with Gasteiger partial charge in [-0.05, 0) is 43.3 Å². The van der Waals surface area contributed by atoms with Crippen molar-refractivity contribution in [1.29, 1.82) is 0 Å². The van der Waals surface area contributed by atoms with Gasteiger partial charge in [0.05, 0.1) is 11.9 Å². The largest absolute Gasteiger partial charge is 0.455 e. The van der Waals surface area contributed by atoms with E-state index in [1.807, 2.05) is 60.7 Å². The standard InChI is InChI=1S/C23H19N5O2/c1-16(29)17-8-7-9-18(14-17)25-23-27-22(15-24-28-23)26-20-12-5-6-13-21(20)30-19-10-3-2-4-11-19/h2-15H,1H3,(H2,25,26,27,28). The fraction of sp³-hybridized carbons (Fsp3) is 0.0435. The van der Waals surface area contributed by atoms with Gasteiger partial charge in [-0.15, -0.1) is 5.10 Å². The van der Waals surface area contributed by atoms with Crippen molar-refractivity contribution in [3.63, 3.8) is 0 Å². The molecule has 0 spiro atoms. The van der Waals surface area contributed by atoms with Gasteiger partial charge in [0, 0.05) is 11.3 Å². The minimum absolute atomic E-state index is 0.0110. The molecular weight excluding hydrogens is 378 g/mol. The third-order valence-corrected chi connectivity index (χ3v) is 4.20. The number of para-hydroxylation sites is 3. The van der Waals surface area contributed by atoms with E-state index in [4.69, 9.17) is 4.74 Å². The quantitative estimate of drug-likeness (QED) is 0.406. The number of hydrogen-bond acceptors (Lipinski definition) is 7. The second kappa shape index (κ2) is 8.83. The number of ether oxygens (including phenoxy) is 1. The highest BCUT2D eigenvalue weighted by Gasteiger charge is 2.08. The minimum Gasteiger partial charge on any atom is -0.455 e. The van der Waals surface area contributed by atoms with E-state index in [0.717, 1.165) is 11.4 Å². The van der Waals surface area contributed by atoms with E-state index in [1.54, 1.807) is 18.2 Å². The minimum atomic E-state index is -0.0110. The van der Waals surface area contributed by atoms with Crippen LogP contribution in [0.1, 0.15) is 17.3 Å². The average molecular weight is 397 g/mol. The van der Waals surface area contributed by atoms with Gasteiger partial charge in [-0.1, -0.05) is 42.5 Å². The maximum absolute atomic E-state index is 11.6. The molecule has 0 saturated heterocycles. The third-order valence-electron chi connectivity index (χ3n) is 4.20. The summed E-state index contributed by atoms with van der Waals surface area (Å²) in [7, 11) is 0. The summed E-state index contributed by atoms with van der Waals surface area (Å²) >= 11 is 0. The molecule has 3 aromatic carbocycles. The SMILES string of the molecule is CC(=O)c1cccc(Nc2nncc(Nc3ccccc3Oc3ccccc3)n2)c1. The van der Waals surface area contributed by atoms with Gasteiger partial charge in [0.1, 0.15) is 5.75 Å². The van der Waals surface area contributed by atoms with Crippen molar-refractivity contribution in [1.82, 2.24) is 15.2 Å². The second-order valence-corrected chi connectivity index (χ2v) is 6.46. The average Bonchev–Trinajstić information content (AvgIpc) is 2.76. The lowest BCUT2D eigenvalue weighted by Gasteiger charge is -2.13. The summed E-state index contributed by atoms with van der Waals surface area (Å²) in [4.78, 5) is 16.0. The van der Waals surface area contributed by atoms with Crippen LogP contribution in [0.4, 0.5) is 23.1 Å². The van der Waals surface area contributed by atoms with E-state index in [9.17, 15) is 4.79 Å². The van der Waals surface area contributed by atoms with E-state index in [-0.39, 0.29) is 5.78 Å². The van der Waals surface area contributed by atoms with E-state index in [1.165, 1.54) is 13.1 Å². The first-order chi connectivity index (χ1) is 14.7. The van der Waals surface area contributed by atoms with Gasteiger partial charge >= 0.3 is 0 Å². The Morgan fingerprint density at radius 3 is 2.53 bits per heavy atom. The lowest BCUT2D eigenvalue weighted by Crippen LogP contribution is -2.03. The summed E-state index contributed by atoms with van der Waals surface area (Å²) in [6.07, 6.45) is 1.52. The number of nitrogens with zero attached hydrogens (tertiary/aromatic N) is 3. The van der Waals surface area contributed by atoms with Crippen molar-refractivity contribution in [3.8, 4) is 11.5 Å². The van der Waals surface area contributed by atoms with Gasteiger partial charge in [-0.2, -0.15) is 10.1 Å². The highest BCUT2D eigenvalue weighted by atomic mass is 16.5. The van der Waals surface area contributed by atoms with Crippen LogP contribution in [0.15, 0.2) is 85.1 Å². The molecule has 4 rings (SSSR count). The van der Waals surface area contributed by atoms with Gasteiger partial charge in [-0.3, -0.25) is 4.79 Å². The van der Waals surface area contributed by atoms with Gasteiger partial charge in [0.15, 0.2) is 17.4 Å².